The van der Waals surface area contributed by atoms with E-state index in [1.54, 1.807) is 11.9 Å². The van der Waals surface area contributed by atoms with E-state index in [1.807, 2.05) is 24.1 Å². The molecule has 0 radical (unpaired) electrons. The molecule has 0 saturated carbocycles. The van der Waals surface area contributed by atoms with Gasteiger partial charge in [0.05, 0.1) is 18.3 Å². The number of hydrogen-bond donors (Lipinski definition) is 0. The molecule has 2 rings (SSSR count). The summed E-state index contributed by atoms with van der Waals surface area (Å²) >= 11 is 0. The molecule has 1 heterocycles. The summed E-state index contributed by atoms with van der Waals surface area (Å²) in [6.07, 6.45) is 3.12. The number of amides is 1. The van der Waals surface area contributed by atoms with Gasteiger partial charge < -0.3 is 9.64 Å². The number of ether oxygens (including phenoxy) is 1. The summed E-state index contributed by atoms with van der Waals surface area (Å²) < 4.78 is 5.49. The molecule has 112 valence electrons. The Morgan fingerprint density at radius 1 is 1.43 bits per heavy atom. The van der Waals surface area contributed by atoms with Gasteiger partial charge in [-0.2, -0.15) is 5.26 Å². The minimum absolute atomic E-state index is 0.0178. The monoisotopic (exact) mass is 287 g/mol. The number of benzene rings is 1. The molecule has 5 nitrogen and oxygen atoms in total. The van der Waals surface area contributed by atoms with Gasteiger partial charge in [0.15, 0.2) is 6.61 Å². The summed E-state index contributed by atoms with van der Waals surface area (Å²) in [6.45, 7) is 1.53. The highest BCUT2D eigenvalue weighted by molar-refractivity contribution is 5.97. The predicted molar refractivity (Wildman–Crippen MR) is 81.4 cm³/mol. The van der Waals surface area contributed by atoms with Crippen molar-refractivity contribution in [3.8, 4) is 11.8 Å². The van der Waals surface area contributed by atoms with Gasteiger partial charge in [0, 0.05) is 7.05 Å². The Balaban J connectivity index is 1.86. The van der Waals surface area contributed by atoms with Crippen LogP contribution in [0, 0.1) is 11.3 Å². The lowest BCUT2D eigenvalue weighted by atomic mass is 10.1. The van der Waals surface area contributed by atoms with Gasteiger partial charge in [-0.15, -0.1) is 0 Å². The Kier molecular flexibility index (Phi) is 5.18. The number of likely N-dealkylation sites (N-methyl/N-ethyl adjacent to an activating group) is 1. The van der Waals surface area contributed by atoms with Crippen LogP contribution < -0.4 is 9.64 Å². The van der Waals surface area contributed by atoms with Crippen molar-refractivity contribution in [2.24, 2.45) is 0 Å². The van der Waals surface area contributed by atoms with Crippen molar-refractivity contribution in [1.82, 2.24) is 4.90 Å². The molecule has 5 heteroatoms. The zero-order valence-electron chi connectivity index (χ0n) is 12.6. The van der Waals surface area contributed by atoms with Crippen LogP contribution in [-0.2, 0) is 11.2 Å². The van der Waals surface area contributed by atoms with E-state index in [4.69, 9.17) is 10.00 Å². The largest absolute Gasteiger partial charge is 0.482 e. The summed E-state index contributed by atoms with van der Waals surface area (Å²) in [5, 5.41) is 8.59. The SMILES string of the molecule is CN(CC#N)CCCCc1ccc2c(c1)OCC(=O)N2C. The van der Waals surface area contributed by atoms with Crippen molar-refractivity contribution < 1.29 is 9.53 Å². The minimum Gasteiger partial charge on any atom is -0.482 e. The average molecular weight is 287 g/mol. The second-order valence-electron chi connectivity index (χ2n) is 5.40. The lowest BCUT2D eigenvalue weighted by molar-refractivity contribution is -0.120. The second kappa shape index (κ2) is 7.09. The molecule has 1 aliphatic rings. The van der Waals surface area contributed by atoms with Gasteiger partial charge in [-0.05, 0) is 50.6 Å². The number of nitrogens with zero attached hydrogens (tertiary/aromatic N) is 3. The summed E-state index contributed by atoms with van der Waals surface area (Å²) in [7, 11) is 3.73. The number of fused-ring (bicyclic) bond motifs is 1. The minimum atomic E-state index is -0.0178. The first-order valence-electron chi connectivity index (χ1n) is 7.19. The van der Waals surface area contributed by atoms with E-state index in [0.29, 0.717) is 6.54 Å². The number of carbonyl (C=O) groups excluding carboxylic acids is 1. The van der Waals surface area contributed by atoms with Gasteiger partial charge in [0.1, 0.15) is 5.75 Å². The molecule has 0 unspecified atom stereocenters. The van der Waals surface area contributed by atoms with Crippen LogP contribution in [0.15, 0.2) is 18.2 Å². The maximum absolute atomic E-state index is 11.5. The van der Waals surface area contributed by atoms with Gasteiger partial charge in [-0.1, -0.05) is 6.07 Å². The first kappa shape index (κ1) is 15.3. The summed E-state index contributed by atoms with van der Waals surface area (Å²) in [5.41, 5.74) is 2.06. The van der Waals surface area contributed by atoms with Gasteiger partial charge in [-0.3, -0.25) is 9.69 Å². The van der Waals surface area contributed by atoms with E-state index in [9.17, 15) is 4.79 Å². The van der Waals surface area contributed by atoms with Crippen molar-refractivity contribution in [1.29, 1.82) is 5.26 Å². The molecule has 21 heavy (non-hydrogen) atoms. The fraction of sp³-hybridized carbons (Fsp3) is 0.500. The second-order valence-corrected chi connectivity index (χ2v) is 5.40. The van der Waals surface area contributed by atoms with Crippen molar-refractivity contribution in [3.63, 3.8) is 0 Å². The molecule has 1 aromatic rings. The fourth-order valence-corrected chi connectivity index (χ4v) is 2.39. The Hall–Kier alpha value is -2.06. The number of aryl methyl sites for hydroxylation is 1. The third kappa shape index (κ3) is 3.96. The Morgan fingerprint density at radius 2 is 2.24 bits per heavy atom. The van der Waals surface area contributed by atoms with Crippen LogP contribution in [0.5, 0.6) is 5.75 Å². The number of anilines is 1. The van der Waals surface area contributed by atoms with Crippen LogP contribution in [0.2, 0.25) is 0 Å². The van der Waals surface area contributed by atoms with Crippen LogP contribution in [0.1, 0.15) is 18.4 Å². The maximum atomic E-state index is 11.5. The summed E-state index contributed by atoms with van der Waals surface area (Å²) in [6, 6.07) is 8.17. The highest BCUT2D eigenvalue weighted by Crippen LogP contribution is 2.32. The zero-order chi connectivity index (χ0) is 15.2. The van der Waals surface area contributed by atoms with Crippen molar-refractivity contribution in [3.05, 3.63) is 23.8 Å². The third-order valence-corrected chi connectivity index (χ3v) is 3.71. The summed E-state index contributed by atoms with van der Waals surface area (Å²) in [4.78, 5) is 15.2. The number of hydrogen-bond acceptors (Lipinski definition) is 4. The summed E-state index contributed by atoms with van der Waals surface area (Å²) in [5.74, 6) is 0.770. The molecule has 1 aromatic carbocycles. The van der Waals surface area contributed by atoms with Crippen molar-refractivity contribution in [2.45, 2.75) is 19.3 Å². The predicted octanol–water partition coefficient (Wildman–Crippen LogP) is 1.82. The molecule has 0 aliphatic carbocycles. The number of unbranched alkanes of at least 4 members (excludes halogenated alkanes) is 1. The van der Waals surface area contributed by atoms with E-state index in [0.717, 1.165) is 37.2 Å². The molecule has 0 spiro atoms. The van der Waals surface area contributed by atoms with Crippen molar-refractivity contribution in [2.75, 3.05) is 38.7 Å². The Labute approximate surface area is 125 Å². The molecule has 0 aromatic heterocycles. The van der Waals surface area contributed by atoms with Crippen LogP contribution in [0.25, 0.3) is 0 Å². The molecule has 1 aliphatic heterocycles. The average Bonchev–Trinajstić information content (AvgIpc) is 2.48. The molecule has 0 fully saturated rings. The lowest BCUT2D eigenvalue weighted by Gasteiger charge is -2.26. The maximum Gasteiger partial charge on any atom is 0.264 e. The molecular weight excluding hydrogens is 266 g/mol. The Bertz CT molecular complexity index is 551. The van der Waals surface area contributed by atoms with E-state index in [-0.39, 0.29) is 12.5 Å². The van der Waals surface area contributed by atoms with E-state index < -0.39 is 0 Å². The van der Waals surface area contributed by atoms with Crippen LogP contribution in [0.4, 0.5) is 5.69 Å². The third-order valence-electron chi connectivity index (χ3n) is 3.71. The van der Waals surface area contributed by atoms with Crippen LogP contribution in [-0.4, -0.2) is 44.6 Å². The Morgan fingerprint density at radius 3 is 3.00 bits per heavy atom. The molecule has 0 bridgehead atoms. The topological polar surface area (TPSA) is 56.6 Å². The van der Waals surface area contributed by atoms with E-state index in [2.05, 4.69) is 12.1 Å². The van der Waals surface area contributed by atoms with Gasteiger partial charge in [-0.25, -0.2) is 0 Å². The van der Waals surface area contributed by atoms with Crippen LogP contribution in [0.3, 0.4) is 0 Å². The van der Waals surface area contributed by atoms with Gasteiger partial charge in [0.2, 0.25) is 0 Å². The highest BCUT2D eigenvalue weighted by Gasteiger charge is 2.21. The fourth-order valence-electron chi connectivity index (χ4n) is 2.39. The number of carbonyl (C=O) groups is 1. The zero-order valence-corrected chi connectivity index (χ0v) is 12.6. The molecule has 0 atom stereocenters. The normalized spacial score (nSPS) is 13.8. The van der Waals surface area contributed by atoms with Crippen molar-refractivity contribution >= 4 is 11.6 Å². The molecule has 1 amide bonds. The first-order valence-corrected chi connectivity index (χ1v) is 7.19. The van der Waals surface area contributed by atoms with E-state index >= 15 is 0 Å². The standard InChI is InChI=1S/C16H21N3O2/c1-18(10-8-17)9-4-3-5-13-6-7-14-15(11-13)21-12-16(20)19(14)2/h6-7,11H,3-5,9-10,12H2,1-2H3. The smallest absolute Gasteiger partial charge is 0.264 e. The molecule has 0 N–H and O–H groups in total. The van der Waals surface area contributed by atoms with Gasteiger partial charge >= 0.3 is 0 Å². The van der Waals surface area contributed by atoms with E-state index in [1.165, 1.54) is 5.56 Å². The van der Waals surface area contributed by atoms with Crippen LogP contribution >= 0.6 is 0 Å². The first-order chi connectivity index (χ1) is 10.1. The number of rotatable bonds is 6. The van der Waals surface area contributed by atoms with Gasteiger partial charge in [0.25, 0.3) is 5.91 Å². The highest BCUT2D eigenvalue weighted by atomic mass is 16.5. The quantitative estimate of drug-likeness (QED) is 0.591. The molecular formula is C16H21N3O2. The number of nitriles is 1. The molecule has 0 saturated heterocycles. The lowest BCUT2D eigenvalue weighted by Crippen LogP contribution is -2.35.